The molecule has 0 aliphatic heterocycles. The molecule has 3 heterocycles. The first kappa shape index (κ1) is 16.3. The molecule has 0 spiro atoms. The number of ether oxygens (including phenoxy) is 1. The van der Waals surface area contributed by atoms with E-state index in [-0.39, 0.29) is 5.97 Å². The Hall–Kier alpha value is -3.15. The van der Waals surface area contributed by atoms with Gasteiger partial charge in [-0.3, -0.25) is 0 Å². The van der Waals surface area contributed by atoms with Crippen LogP contribution in [0.15, 0.2) is 42.5 Å². The number of benzene rings is 1. The van der Waals surface area contributed by atoms with Crippen molar-refractivity contribution in [2.75, 3.05) is 6.61 Å². The number of aryl methyl sites for hydroxylation is 2. The summed E-state index contributed by atoms with van der Waals surface area (Å²) in [6.07, 6.45) is 0. The summed E-state index contributed by atoms with van der Waals surface area (Å²) in [4.78, 5) is 12.4. The molecule has 0 amide bonds. The zero-order chi connectivity index (χ0) is 18.3. The normalized spacial score (nSPS) is 11.3. The summed E-state index contributed by atoms with van der Waals surface area (Å²) < 4.78 is 8.95. The van der Waals surface area contributed by atoms with Gasteiger partial charge in [0.2, 0.25) is 0 Å². The van der Waals surface area contributed by atoms with Crippen molar-refractivity contribution in [3.63, 3.8) is 0 Å². The summed E-state index contributed by atoms with van der Waals surface area (Å²) in [5, 5.41) is 10.3. The lowest BCUT2D eigenvalue weighted by Crippen LogP contribution is -2.06. The Morgan fingerprint density at radius 1 is 1.04 bits per heavy atom. The van der Waals surface area contributed by atoms with Crippen molar-refractivity contribution in [3.05, 3.63) is 65.0 Å². The Balaban J connectivity index is 1.94. The van der Waals surface area contributed by atoms with Crippen LogP contribution in [-0.2, 0) is 11.3 Å². The van der Waals surface area contributed by atoms with Gasteiger partial charge in [-0.15, -0.1) is 0 Å². The summed E-state index contributed by atoms with van der Waals surface area (Å²) >= 11 is 0. The maximum Gasteiger partial charge on any atom is 0.342 e. The molecule has 0 saturated heterocycles. The lowest BCUT2D eigenvalue weighted by atomic mass is 10.2. The van der Waals surface area contributed by atoms with E-state index >= 15 is 0 Å². The highest BCUT2D eigenvalue weighted by molar-refractivity contribution is 5.99. The second kappa shape index (κ2) is 6.29. The first-order valence-corrected chi connectivity index (χ1v) is 8.66. The van der Waals surface area contributed by atoms with E-state index in [2.05, 4.69) is 17.2 Å². The van der Waals surface area contributed by atoms with Gasteiger partial charge in [0.1, 0.15) is 5.56 Å². The Morgan fingerprint density at radius 3 is 2.54 bits per heavy atom. The number of carbonyl (C=O) groups is 1. The van der Waals surface area contributed by atoms with E-state index in [0.717, 1.165) is 27.8 Å². The number of pyridine rings is 1. The maximum atomic E-state index is 12.4. The van der Waals surface area contributed by atoms with Crippen LogP contribution in [0.5, 0.6) is 0 Å². The molecule has 0 aliphatic carbocycles. The van der Waals surface area contributed by atoms with E-state index in [4.69, 9.17) is 9.84 Å². The van der Waals surface area contributed by atoms with E-state index in [1.807, 2.05) is 48.9 Å². The standard InChI is InChI=1S/C20H20N4O2/c1-4-26-20(25)18-14(3)22-24-17(18)11-10-16-13(2)21-23(19(16)24)12-15-8-6-5-7-9-15/h5-11H,4,12H2,1-3H3. The summed E-state index contributed by atoms with van der Waals surface area (Å²) in [5.74, 6) is -0.342. The Bertz CT molecular complexity index is 1110. The highest BCUT2D eigenvalue weighted by Gasteiger charge is 2.21. The van der Waals surface area contributed by atoms with Crippen LogP contribution in [0.1, 0.15) is 34.2 Å². The molecule has 0 bridgehead atoms. The SMILES string of the molecule is CCOC(=O)c1c(C)nn2c1ccc1c(C)nn(Cc3ccccc3)c12. The molecular weight excluding hydrogens is 328 g/mol. The molecule has 26 heavy (non-hydrogen) atoms. The number of hydrogen-bond acceptors (Lipinski definition) is 4. The second-order valence-corrected chi connectivity index (χ2v) is 6.28. The van der Waals surface area contributed by atoms with E-state index in [9.17, 15) is 4.79 Å². The Morgan fingerprint density at radius 2 is 1.81 bits per heavy atom. The van der Waals surface area contributed by atoms with Gasteiger partial charge < -0.3 is 4.74 Å². The van der Waals surface area contributed by atoms with Gasteiger partial charge in [-0.2, -0.15) is 10.2 Å². The number of hydrogen-bond donors (Lipinski definition) is 0. The smallest absolute Gasteiger partial charge is 0.342 e. The molecule has 6 nitrogen and oxygen atoms in total. The number of rotatable bonds is 4. The number of fused-ring (bicyclic) bond motifs is 3. The van der Waals surface area contributed by atoms with Gasteiger partial charge in [-0.25, -0.2) is 14.0 Å². The predicted octanol–water partition coefficient (Wildman–Crippen LogP) is 3.53. The summed E-state index contributed by atoms with van der Waals surface area (Å²) in [6, 6.07) is 14.1. The zero-order valence-electron chi connectivity index (χ0n) is 15.1. The van der Waals surface area contributed by atoms with Crippen LogP contribution in [0, 0.1) is 13.8 Å². The minimum Gasteiger partial charge on any atom is -0.462 e. The second-order valence-electron chi connectivity index (χ2n) is 6.28. The van der Waals surface area contributed by atoms with Gasteiger partial charge in [0.15, 0.2) is 5.65 Å². The summed E-state index contributed by atoms with van der Waals surface area (Å²) in [5.41, 5.74) is 4.87. The predicted molar refractivity (Wildman–Crippen MR) is 99.5 cm³/mol. The van der Waals surface area contributed by atoms with Crippen molar-refractivity contribution in [3.8, 4) is 0 Å². The third-order valence-corrected chi connectivity index (χ3v) is 4.51. The van der Waals surface area contributed by atoms with Gasteiger partial charge in [-0.1, -0.05) is 30.3 Å². The van der Waals surface area contributed by atoms with Crippen molar-refractivity contribution < 1.29 is 9.53 Å². The fourth-order valence-electron chi connectivity index (χ4n) is 3.35. The minimum absolute atomic E-state index is 0.336. The fraction of sp³-hybridized carbons (Fsp3) is 0.250. The van der Waals surface area contributed by atoms with Crippen LogP contribution in [-0.4, -0.2) is 32.0 Å². The first-order valence-electron chi connectivity index (χ1n) is 8.66. The highest BCUT2D eigenvalue weighted by Crippen LogP contribution is 2.25. The zero-order valence-corrected chi connectivity index (χ0v) is 15.1. The van der Waals surface area contributed by atoms with Gasteiger partial charge >= 0.3 is 5.97 Å². The van der Waals surface area contributed by atoms with Gasteiger partial charge in [-0.05, 0) is 38.5 Å². The molecule has 4 aromatic rings. The molecule has 1 aromatic carbocycles. The molecule has 6 heteroatoms. The average Bonchev–Trinajstić information content (AvgIpc) is 3.12. The number of esters is 1. The maximum absolute atomic E-state index is 12.4. The molecule has 3 aromatic heterocycles. The van der Waals surface area contributed by atoms with Crippen molar-refractivity contribution in [2.24, 2.45) is 0 Å². The van der Waals surface area contributed by atoms with Crippen LogP contribution >= 0.6 is 0 Å². The van der Waals surface area contributed by atoms with Crippen LogP contribution in [0.2, 0.25) is 0 Å². The molecule has 0 saturated carbocycles. The fourth-order valence-corrected chi connectivity index (χ4v) is 3.35. The number of aromatic nitrogens is 4. The Kier molecular flexibility index (Phi) is 3.95. The monoisotopic (exact) mass is 348 g/mol. The molecule has 0 aliphatic rings. The summed E-state index contributed by atoms with van der Waals surface area (Å²) in [7, 11) is 0. The van der Waals surface area contributed by atoms with Crippen molar-refractivity contribution >= 4 is 22.5 Å². The van der Waals surface area contributed by atoms with Gasteiger partial charge in [0.05, 0.1) is 30.1 Å². The number of nitrogens with zero attached hydrogens (tertiary/aromatic N) is 4. The molecule has 0 radical (unpaired) electrons. The van der Waals surface area contributed by atoms with Crippen LogP contribution in [0.25, 0.3) is 16.6 Å². The third-order valence-electron chi connectivity index (χ3n) is 4.51. The van der Waals surface area contributed by atoms with Crippen molar-refractivity contribution in [2.45, 2.75) is 27.3 Å². The van der Waals surface area contributed by atoms with Crippen molar-refractivity contribution in [1.82, 2.24) is 19.4 Å². The Labute approximate surface area is 151 Å². The summed E-state index contributed by atoms with van der Waals surface area (Å²) in [6.45, 7) is 6.59. The average molecular weight is 348 g/mol. The highest BCUT2D eigenvalue weighted by atomic mass is 16.5. The van der Waals surface area contributed by atoms with Gasteiger partial charge in [0, 0.05) is 5.39 Å². The molecule has 0 atom stereocenters. The topological polar surface area (TPSA) is 61.4 Å². The molecule has 0 N–H and O–H groups in total. The molecule has 132 valence electrons. The van der Waals surface area contributed by atoms with Gasteiger partial charge in [0.25, 0.3) is 0 Å². The largest absolute Gasteiger partial charge is 0.462 e. The third kappa shape index (κ3) is 2.54. The van der Waals surface area contributed by atoms with E-state index in [1.54, 1.807) is 11.4 Å². The van der Waals surface area contributed by atoms with E-state index in [0.29, 0.717) is 24.4 Å². The number of carbonyl (C=O) groups excluding carboxylic acids is 1. The van der Waals surface area contributed by atoms with E-state index in [1.165, 1.54) is 0 Å². The lowest BCUT2D eigenvalue weighted by molar-refractivity contribution is 0.0528. The van der Waals surface area contributed by atoms with E-state index < -0.39 is 0 Å². The van der Waals surface area contributed by atoms with Crippen LogP contribution in [0.3, 0.4) is 0 Å². The quantitative estimate of drug-likeness (QED) is 0.529. The molecule has 4 rings (SSSR count). The lowest BCUT2D eigenvalue weighted by Gasteiger charge is -2.06. The first-order chi connectivity index (χ1) is 12.6. The molecule has 0 unspecified atom stereocenters. The molecule has 0 fully saturated rings. The van der Waals surface area contributed by atoms with Crippen molar-refractivity contribution in [1.29, 1.82) is 0 Å². The molecular formula is C20H20N4O2. The van der Waals surface area contributed by atoms with Crippen LogP contribution < -0.4 is 0 Å². The minimum atomic E-state index is -0.342. The van der Waals surface area contributed by atoms with Crippen LogP contribution in [0.4, 0.5) is 0 Å².